The highest BCUT2D eigenvalue weighted by atomic mass is 79.9. The fraction of sp³-hybridized carbons (Fsp3) is 0.625. The molecular weight excluding hydrogens is 318 g/mol. The lowest BCUT2D eigenvalue weighted by Crippen LogP contribution is -2.25. The number of halogens is 1. The third-order valence-corrected chi connectivity index (χ3v) is 3.59. The van der Waals surface area contributed by atoms with Gasteiger partial charge in [-0.2, -0.15) is 0 Å². The summed E-state index contributed by atoms with van der Waals surface area (Å²) in [5, 5.41) is 13.1. The minimum Gasteiger partial charge on any atom is -0.389 e. The molecule has 0 aliphatic carbocycles. The molecule has 0 saturated heterocycles. The molecule has 2 N–H and O–H groups in total. The number of ether oxygens (including phenoxy) is 1. The number of anilines is 1. The summed E-state index contributed by atoms with van der Waals surface area (Å²) in [5.74, 6) is 0.713. The van der Waals surface area contributed by atoms with E-state index in [-0.39, 0.29) is 0 Å². The van der Waals surface area contributed by atoms with Gasteiger partial charge < -0.3 is 15.2 Å². The van der Waals surface area contributed by atoms with Crippen LogP contribution in [0.5, 0.6) is 0 Å². The molecular formula is C16H26BrNO2. The zero-order valence-corrected chi connectivity index (χ0v) is 14.2. The van der Waals surface area contributed by atoms with Crippen LogP contribution in [0.3, 0.4) is 0 Å². The van der Waals surface area contributed by atoms with Crippen LogP contribution in [-0.4, -0.2) is 31.0 Å². The highest BCUT2D eigenvalue weighted by molar-refractivity contribution is 9.10. The second kappa shape index (κ2) is 9.37. The van der Waals surface area contributed by atoms with E-state index in [1.165, 1.54) is 6.42 Å². The molecule has 0 saturated carbocycles. The lowest BCUT2D eigenvalue weighted by Gasteiger charge is -2.15. The fourth-order valence-electron chi connectivity index (χ4n) is 1.93. The van der Waals surface area contributed by atoms with Gasteiger partial charge in [-0.1, -0.05) is 29.8 Å². The number of benzene rings is 1. The summed E-state index contributed by atoms with van der Waals surface area (Å²) in [4.78, 5) is 0. The molecule has 0 aromatic heterocycles. The first-order valence-corrected chi connectivity index (χ1v) is 8.04. The van der Waals surface area contributed by atoms with Crippen LogP contribution in [-0.2, 0) is 4.74 Å². The van der Waals surface area contributed by atoms with Crippen LogP contribution in [0.1, 0.15) is 32.3 Å². The van der Waals surface area contributed by atoms with Crippen LogP contribution in [0.4, 0.5) is 5.69 Å². The van der Waals surface area contributed by atoms with Crippen molar-refractivity contribution in [2.45, 2.75) is 39.7 Å². The highest BCUT2D eigenvalue weighted by Gasteiger charge is 2.06. The van der Waals surface area contributed by atoms with E-state index in [4.69, 9.17) is 4.74 Å². The van der Waals surface area contributed by atoms with Gasteiger partial charge in [0.1, 0.15) is 0 Å². The van der Waals surface area contributed by atoms with Crippen molar-refractivity contribution in [2.24, 2.45) is 5.92 Å². The molecule has 1 aromatic carbocycles. The van der Waals surface area contributed by atoms with E-state index < -0.39 is 6.10 Å². The third-order valence-electron chi connectivity index (χ3n) is 3.10. The van der Waals surface area contributed by atoms with Gasteiger partial charge >= 0.3 is 0 Å². The number of nitrogens with one attached hydrogen (secondary N) is 1. The molecule has 0 fully saturated rings. The van der Waals surface area contributed by atoms with Crippen LogP contribution in [0, 0.1) is 12.8 Å². The first-order chi connectivity index (χ1) is 9.49. The summed E-state index contributed by atoms with van der Waals surface area (Å²) in [6.07, 6.45) is 1.76. The van der Waals surface area contributed by atoms with Crippen LogP contribution in [0.2, 0.25) is 0 Å². The van der Waals surface area contributed by atoms with Crippen LogP contribution < -0.4 is 5.32 Å². The minimum absolute atomic E-state index is 0.390. The summed E-state index contributed by atoms with van der Waals surface area (Å²) >= 11 is 3.44. The van der Waals surface area contributed by atoms with E-state index >= 15 is 0 Å². The van der Waals surface area contributed by atoms with E-state index in [1.54, 1.807) is 0 Å². The molecule has 3 nitrogen and oxygen atoms in total. The molecule has 0 radical (unpaired) electrons. The van der Waals surface area contributed by atoms with Gasteiger partial charge in [0.25, 0.3) is 0 Å². The number of hydrogen-bond donors (Lipinski definition) is 2. The predicted molar refractivity (Wildman–Crippen MR) is 88.3 cm³/mol. The highest BCUT2D eigenvalue weighted by Crippen LogP contribution is 2.19. The lowest BCUT2D eigenvalue weighted by molar-refractivity contribution is 0.0409. The van der Waals surface area contributed by atoms with E-state index in [1.807, 2.05) is 19.1 Å². The van der Waals surface area contributed by atoms with Gasteiger partial charge in [0.05, 0.1) is 12.7 Å². The average molecular weight is 344 g/mol. The second-order valence-electron chi connectivity index (χ2n) is 5.60. The molecule has 1 atom stereocenters. The largest absolute Gasteiger partial charge is 0.389 e. The Kier molecular flexibility index (Phi) is 8.19. The first kappa shape index (κ1) is 17.5. The van der Waals surface area contributed by atoms with E-state index in [9.17, 15) is 5.11 Å². The first-order valence-electron chi connectivity index (χ1n) is 7.25. The molecule has 0 heterocycles. The Morgan fingerprint density at radius 2 is 2.10 bits per heavy atom. The van der Waals surface area contributed by atoms with Crippen molar-refractivity contribution in [1.29, 1.82) is 0 Å². The molecule has 114 valence electrons. The van der Waals surface area contributed by atoms with E-state index in [2.05, 4.69) is 41.2 Å². The predicted octanol–water partition coefficient (Wildman–Crippen LogP) is 3.98. The molecule has 0 amide bonds. The van der Waals surface area contributed by atoms with Crippen molar-refractivity contribution >= 4 is 21.6 Å². The van der Waals surface area contributed by atoms with Crippen molar-refractivity contribution in [3.63, 3.8) is 0 Å². The van der Waals surface area contributed by atoms with Gasteiger partial charge in [-0.15, -0.1) is 0 Å². The average Bonchev–Trinajstić information content (AvgIpc) is 2.37. The molecule has 0 spiro atoms. The Morgan fingerprint density at radius 1 is 1.35 bits per heavy atom. The maximum Gasteiger partial charge on any atom is 0.0945 e. The zero-order chi connectivity index (χ0) is 15.0. The van der Waals surface area contributed by atoms with Gasteiger partial charge in [-0.3, -0.25) is 0 Å². The smallest absolute Gasteiger partial charge is 0.0945 e. The molecule has 0 bridgehead atoms. The number of aliphatic hydroxyl groups is 1. The van der Waals surface area contributed by atoms with Crippen molar-refractivity contribution in [1.82, 2.24) is 0 Å². The number of rotatable bonds is 9. The van der Waals surface area contributed by atoms with E-state index in [0.29, 0.717) is 19.1 Å². The SMILES string of the molecule is Cc1cc(Br)ccc1NCC(O)COCCCC(C)C. The van der Waals surface area contributed by atoms with Gasteiger partial charge in [0.15, 0.2) is 0 Å². The van der Waals surface area contributed by atoms with Gasteiger partial charge in [-0.05, 0) is 49.4 Å². The van der Waals surface area contributed by atoms with Crippen LogP contribution in [0.15, 0.2) is 22.7 Å². The van der Waals surface area contributed by atoms with Crippen molar-refractivity contribution in [3.8, 4) is 0 Å². The molecule has 4 heteroatoms. The molecule has 0 aliphatic heterocycles. The monoisotopic (exact) mass is 343 g/mol. The normalized spacial score (nSPS) is 12.7. The summed E-state index contributed by atoms with van der Waals surface area (Å²) in [6, 6.07) is 6.05. The van der Waals surface area contributed by atoms with Gasteiger partial charge in [0, 0.05) is 23.3 Å². The standard InChI is InChI=1S/C16H26BrNO2/c1-12(2)5-4-8-20-11-15(19)10-18-16-7-6-14(17)9-13(16)3/h6-7,9,12,15,18-19H,4-5,8,10-11H2,1-3H3. The van der Waals surface area contributed by atoms with Crippen LogP contribution in [0.25, 0.3) is 0 Å². The molecule has 0 aliphatic rings. The number of aliphatic hydroxyl groups excluding tert-OH is 1. The Bertz CT molecular complexity index is 396. The van der Waals surface area contributed by atoms with Gasteiger partial charge in [-0.25, -0.2) is 0 Å². The molecule has 1 rings (SSSR count). The summed E-state index contributed by atoms with van der Waals surface area (Å²) in [7, 11) is 0. The Labute approximate surface area is 130 Å². The maximum absolute atomic E-state index is 9.87. The Balaban J connectivity index is 2.18. The van der Waals surface area contributed by atoms with Crippen LogP contribution >= 0.6 is 15.9 Å². The Hall–Kier alpha value is -0.580. The topological polar surface area (TPSA) is 41.5 Å². The Morgan fingerprint density at radius 3 is 2.75 bits per heavy atom. The van der Waals surface area contributed by atoms with Crippen molar-refractivity contribution < 1.29 is 9.84 Å². The van der Waals surface area contributed by atoms with E-state index in [0.717, 1.165) is 28.8 Å². The number of hydrogen-bond acceptors (Lipinski definition) is 3. The molecule has 1 unspecified atom stereocenters. The minimum atomic E-state index is -0.475. The summed E-state index contributed by atoms with van der Waals surface area (Å²) in [6.45, 7) is 8.08. The quantitative estimate of drug-likeness (QED) is 0.666. The van der Waals surface area contributed by atoms with Gasteiger partial charge in [0.2, 0.25) is 0 Å². The molecule has 1 aromatic rings. The summed E-state index contributed by atoms with van der Waals surface area (Å²) in [5.41, 5.74) is 2.21. The van der Waals surface area contributed by atoms with Crippen molar-refractivity contribution in [3.05, 3.63) is 28.2 Å². The van der Waals surface area contributed by atoms with Crippen molar-refractivity contribution in [2.75, 3.05) is 25.1 Å². The second-order valence-corrected chi connectivity index (χ2v) is 6.52. The maximum atomic E-state index is 9.87. The number of aryl methyl sites for hydroxylation is 1. The lowest BCUT2D eigenvalue weighted by atomic mass is 10.1. The third kappa shape index (κ3) is 7.27. The molecule has 20 heavy (non-hydrogen) atoms. The zero-order valence-electron chi connectivity index (χ0n) is 12.7. The fourth-order valence-corrected chi connectivity index (χ4v) is 2.40. The summed E-state index contributed by atoms with van der Waals surface area (Å²) < 4.78 is 6.55.